The van der Waals surface area contributed by atoms with Gasteiger partial charge in [-0.1, -0.05) is 20.6 Å². The van der Waals surface area contributed by atoms with Crippen LogP contribution in [0.1, 0.15) is 134 Å². The zero-order valence-electron chi connectivity index (χ0n) is 44.3. The number of aliphatic carboxylic acids is 1. The molecule has 0 heterocycles. The van der Waals surface area contributed by atoms with Gasteiger partial charge in [-0.05, 0) is 121 Å². The Hall–Kier alpha value is -4.59. The molecule has 72 heavy (non-hydrogen) atoms. The van der Waals surface area contributed by atoms with Crippen LogP contribution in [0.25, 0.3) is 0 Å². The molecule has 0 amide bonds. The van der Waals surface area contributed by atoms with Crippen molar-refractivity contribution in [3.8, 4) is 0 Å². The summed E-state index contributed by atoms with van der Waals surface area (Å²) in [7, 11) is 0. The number of hydrogen-bond acceptors (Lipinski definition) is 19. The molecule has 0 saturated heterocycles. The van der Waals surface area contributed by atoms with Crippen molar-refractivity contribution in [1.29, 1.82) is 0 Å². The summed E-state index contributed by atoms with van der Waals surface area (Å²) >= 11 is 0.0336. The molecule has 1 rings (SSSR count). The number of oxime groups is 4. The first kappa shape index (κ1) is 67.4. The van der Waals surface area contributed by atoms with Crippen LogP contribution in [-0.2, 0) is 19.2 Å². The number of benzene rings is 1. The molecule has 0 bridgehead atoms. The van der Waals surface area contributed by atoms with E-state index in [0.717, 1.165) is 13.1 Å². The predicted molar refractivity (Wildman–Crippen MR) is 273 cm³/mol. The second-order valence-electron chi connectivity index (χ2n) is 19.6. The normalized spacial score (nSPS) is 13.4. The van der Waals surface area contributed by atoms with Crippen molar-refractivity contribution >= 4 is 57.3 Å². The van der Waals surface area contributed by atoms with Gasteiger partial charge in [-0.3, -0.25) is 19.2 Å². The number of Topliss-reactive ketones (excluding diaryl/α,β-unsaturated/α-hetero) is 2. The molecule has 0 aliphatic heterocycles. The van der Waals surface area contributed by atoms with Gasteiger partial charge in [0.05, 0.1) is 56.3 Å². The molecule has 0 spiro atoms. The number of carboxylic acid groups (broad SMARTS) is 1. The Balaban J connectivity index is 0.00000146. The Morgan fingerprint density at radius 1 is 0.500 bits per heavy atom. The molecule has 0 aromatic heterocycles. The number of thioether (sulfide) groups is 1. The Bertz CT molecular complexity index is 1920. The number of carbonyl (C=O) groups is 4. The van der Waals surface area contributed by atoms with Crippen LogP contribution in [0.4, 0.5) is 17.6 Å². The predicted octanol–water partition coefficient (Wildman–Crippen LogP) is 6.67. The van der Waals surface area contributed by atoms with Gasteiger partial charge in [0.1, 0.15) is 11.6 Å². The summed E-state index contributed by atoms with van der Waals surface area (Å²) < 4.78 is 54.3. The van der Waals surface area contributed by atoms with E-state index in [9.17, 15) is 36.7 Å². The Morgan fingerprint density at radius 2 is 0.792 bits per heavy atom. The van der Waals surface area contributed by atoms with Gasteiger partial charge in [0.25, 0.3) is 0 Å². The van der Waals surface area contributed by atoms with Crippen molar-refractivity contribution in [3.05, 3.63) is 29.3 Å². The summed E-state index contributed by atoms with van der Waals surface area (Å²) in [6.45, 7) is 28.6. The van der Waals surface area contributed by atoms with E-state index < -0.39 is 61.4 Å². The third kappa shape index (κ3) is 26.4. The molecule has 0 radical (unpaired) electrons. The maximum Gasteiger partial charge on any atom is 0.303 e. The Morgan fingerprint density at radius 3 is 1.07 bits per heavy atom. The summed E-state index contributed by atoms with van der Waals surface area (Å²) in [6, 6.07) is 0.0642. The molecule has 1 aromatic rings. The fraction of sp³-hybridized carbons (Fsp3) is 0.708. The number of ketones is 2. The summed E-state index contributed by atoms with van der Waals surface area (Å²) in [4.78, 5) is 50.2. The summed E-state index contributed by atoms with van der Waals surface area (Å²) in [5, 5.41) is 70.6. The van der Waals surface area contributed by atoms with Crippen LogP contribution in [0.15, 0.2) is 31.6 Å². The molecule has 0 saturated carbocycles. The van der Waals surface area contributed by atoms with Crippen molar-refractivity contribution < 1.29 is 62.7 Å². The molecule has 24 heteroatoms. The Labute approximate surface area is 426 Å². The highest BCUT2D eigenvalue weighted by molar-refractivity contribution is 8.13. The molecule has 9 N–H and O–H groups in total. The van der Waals surface area contributed by atoms with Gasteiger partial charge in [-0.25, -0.2) is 17.6 Å². The summed E-state index contributed by atoms with van der Waals surface area (Å²) in [5.74, 6) is -7.74. The average Bonchev–Trinajstić information content (AvgIpc) is 3.31. The van der Waals surface area contributed by atoms with Gasteiger partial charge in [0.15, 0.2) is 28.4 Å². The van der Waals surface area contributed by atoms with Crippen LogP contribution in [0.2, 0.25) is 0 Å². The largest absolute Gasteiger partial charge is 0.481 e. The van der Waals surface area contributed by atoms with Crippen molar-refractivity contribution in [2.75, 3.05) is 65.4 Å². The lowest BCUT2D eigenvalue weighted by Gasteiger charge is -2.30. The van der Waals surface area contributed by atoms with Gasteiger partial charge in [-0.15, -0.1) is 0 Å². The lowest BCUT2D eigenvalue weighted by atomic mass is 9.99. The van der Waals surface area contributed by atoms with Crippen molar-refractivity contribution in [3.63, 3.8) is 0 Å². The van der Waals surface area contributed by atoms with E-state index in [2.05, 4.69) is 51.7 Å². The molecular formula is C48H82F4N10O9S. The minimum Gasteiger partial charge on any atom is -0.481 e. The van der Waals surface area contributed by atoms with E-state index in [1.807, 2.05) is 55.4 Å². The fourth-order valence-corrected chi connectivity index (χ4v) is 7.14. The molecular weight excluding hydrogens is 969 g/mol. The second-order valence-corrected chi connectivity index (χ2v) is 20.6. The molecule has 1 aromatic carbocycles. The number of hydrogen-bond donors (Lipinski definition) is 9. The van der Waals surface area contributed by atoms with Gasteiger partial charge in [0.2, 0.25) is 0 Å². The molecule has 0 unspecified atom stereocenters. The van der Waals surface area contributed by atoms with E-state index in [0.29, 0.717) is 94.5 Å². The highest BCUT2D eigenvalue weighted by Gasteiger charge is 2.26. The lowest BCUT2D eigenvalue weighted by molar-refractivity contribution is -0.138. The Kier molecular flexibility index (Phi) is 31.2. The smallest absolute Gasteiger partial charge is 0.303 e. The highest BCUT2D eigenvalue weighted by atomic mass is 32.2. The summed E-state index contributed by atoms with van der Waals surface area (Å²) in [5.41, 5.74) is 0.285. The van der Waals surface area contributed by atoms with Crippen molar-refractivity contribution in [2.24, 2.45) is 20.6 Å². The second kappa shape index (κ2) is 33.3. The number of carboxylic acids is 1. The maximum absolute atomic E-state index is 13.8. The third-order valence-electron chi connectivity index (χ3n) is 12.6. The highest BCUT2D eigenvalue weighted by Crippen LogP contribution is 2.30. The molecule has 0 fully saturated rings. The molecule has 19 nitrogen and oxygen atoms in total. The van der Waals surface area contributed by atoms with Gasteiger partial charge in [0, 0.05) is 90.5 Å². The number of halogens is 4. The van der Waals surface area contributed by atoms with E-state index >= 15 is 0 Å². The van der Waals surface area contributed by atoms with Crippen molar-refractivity contribution in [1.82, 2.24) is 31.1 Å². The minimum atomic E-state index is -1.65. The first-order valence-corrected chi connectivity index (χ1v) is 24.7. The van der Waals surface area contributed by atoms with Gasteiger partial charge >= 0.3 is 5.97 Å². The van der Waals surface area contributed by atoms with Crippen LogP contribution in [0.5, 0.6) is 0 Å². The van der Waals surface area contributed by atoms with Crippen LogP contribution >= 0.6 is 11.8 Å². The molecule has 0 atom stereocenters. The number of carbonyl (C=O) groups excluding carboxylic acids is 3. The van der Waals surface area contributed by atoms with Gasteiger partial charge < -0.3 is 57.0 Å². The number of nitrogens with zero attached hydrogens (tertiary/aromatic N) is 6. The molecule has 0 aliphatic rings. The first-order valence-electron chi connectivity index (χ1n) is 23.9. The first-order chi connectivity index (χ1) is 33.4. The van der Waals surface area contributed by atoms with Crippen molar-refractivity contribution in [2.45, 2.75) is 162 Å². The van der Waals surface area contributed by atoms with E-state index in [1.54, 1.807) is 27.7 Å². The average molecular weight is 1050 g/mol. The van der Waals surface area contributed by atoms with Crippen LogP contribution < -0.4 is 21.3 Å². The standard InChI is InChI=1S/C27H41F4N5O4S.C21H41N5O5/c1-17(34-39)26(3,4)32-11-14-36(15-12-33-27(5,6)18(2)35-40)13-7-8-19(37)9-10-22(38)41-25-23(30)20(28)16-21(29)24(25)31;1-16(24-30)20(3,4)22-11-14-26(13-7-8-18(27)9-10-19(28)29)15-12-23-21(5,6)17(2)25-31/h16,32-33,39-40H,7-15H2,1-6H3;22-23,30-31H,7-15H2,1-6H3,(H,28,29)/b34-17-,35-18-;24-16-,25-17-. The number of nitrogens with one attached hydrogen (secondary N) is 4. The summed E-state index contributed by atoms with van der Waals surface area (Å²) in [6.07, 6.45) is 1.10. The third-order valence-corrected chi connectivity index (χ3v) is 13.6. The van der Waals surface area contributed by atoms with Crippen LogP contribution in [0.3, 0.4) is 0 Å². The molecule has 0 aliphatic carbocycles. The molecule has 412 valence electrons. The zero-order chi connectivity index (χ0) is 55.5. The lowest BCUT2D eigenvalue weighted by Crippen LogP contribution is -2.51. The quantitative estimate of drug-likeness (QED) is 0.00858. The zero-order valence-corrected chi connectivity index (χ0v) is 45.1. The topological polar surface area (TPSA) is 273 Å². The van der Waals surface area contributed by atoms with Crippen LogP contribution in [0, 0.1) is 23.3 Å². The number of rotatable bonds is 35. The monoisotopic (exact) mass is 1050 g/mol. The van der Waals surface area contributed by atoms with E-state index in [-0.39, 0.29) is 61.5 Å². The van der Waals surface area contributed by atoms with Gasteiger partial charge in [-0.2, -0.15) is 0 Å². The maximum atomic E-state index is 13.8. The fourth-order valence-electron chi connectivity index (χ4n) is 6.33. The SMILES string of the molecule is C/C(=N/O)C(C)(C)NCCN(CCCC(=O)CCC(=O)O)CCNC(C)(C)/C(C)=N\O.C/C(=N/O)C(C)(C)NCCN(CCCC(=O)CCC(=O)Sc1c(F)c(F)cc(F)c1F)CCNC(C)(C)/C(C)=N\O. The van der Waals surface area contributed by atoms with Crippen LogP contribution in [-0.4, -0.2) is 169 Å². The van der Waals surface area contributed by atoms with E-state index in [1.165, 1.54) is 0 Å². The van der Waals surface area contributed by atoms with E-state index in [4.69, 9.17) is 25.9 Å². The minimum absolute atomic E-state index is 0.0336.